The molecule has 0 atom stereocenters. The first-order chi connectivity index (χ1) is 12.1. The van der Waals surface area contributed by atoms with Crippen LogP contribution in [0.2, 0.25) is 0 Å². The maximum Gasteiger partial charge on any atom is 0.322 e. The van der Waals surface area contributed by atoms with Crippen molar-refractivity contribution in [2.45, 2.75) is 4.90 Å². The maximum atomic E-state index is 12.2. The first-order valence-corrected chi connectivity index (χ1v) is 8.33. The van der Waals surface area contributed by atoms with E-state index in [1.54, 1.807) is 0 Å². The van der Waals surface area contributed by atoms with Gasteiger partial charge in [-0.2, -0.15) is 0 Å². The number of nitrogens with one attached hydrogen (secondary N) is 1. The van der Waals surface area contributed by atoms with Gasteiger partial charge in [-0.3, -0.25) is 20.2 Å². The lowest BCUT2D eigenvalue weighted by molar-refractivity contribution is -0.384. The summed E-state index contributed by atoms with van der Waals surface area (Å²) in [5, 5.41) is 21.0. The predicted molar refractivity (Wildman–Crippen MR) is 92.6 cm³/mol. The van der Waals surface area contributed by atoms with E-state index in [4.69, 9.17) is 4.42 Å². The van der Waals surface area contributed by atoms with Crippen molar-refractivity contribution in [3.63, 3.8) is 0 Å². The number of carbonyl (C=O) groups is 1. The molecule has 0 unspecified atom stereocenters. The molecule has 0 fully saturated rings. The normalized spacial score (nSPS) is 10.4. The molecule has 0 aliphatic heterocycles. The molecule has 0 radical (unpaired) electrons. The maximum absolute atomic E-state index is 12.2. The quantitative estimate of drug-likeness (QED) is 0.422. The first-order valence-electron chi connectivity index (χ1n) is 7.11. The first kappa shape index (κ1) is 16.7. The SMILES string of the molecule is CSc1ccccc1-c1nnc(NC(=O)c2cccc([N+](=O)[O-])c2)o1. The predicted octanol–water partition coefficient (Wildman–Crippen LogP) is 3.62. The topological polar surface area (TPSA) is 111 Å². The van der Waals surface area contributed by atoms with Crippen LogP contribution in [0.5, 0.6) is 0 Å². The van der Waals surface area contributed by atoms with E-state index in [9.17, 15) is 14.9 Å². The fourth-order valence-electron chi connectivity index (χ4n) is 2.13. The minimum atomic E-state index is -0.572. The van der Waals surface area contributed by atoms with Crippen molar-refractivity contribution in [1.82, 2.24) is 10.2 Å². The second-order valence-corrected chi connectivity index (χ2v) is 5.72. The van der Waals surface area contributed by atoms with Crippen LogP contribution < -0.4 is 5.32 Å². The lowest BCUT2D eigenvalue weighted by atomic mass is 10.2. The molecule has 0 saturated carbocycles. The Morgan fingerprint density at radius 2 is 2.00 bits per heavy atom. The number of anilines is 1. The van der Waals surface area contributed by atoms with Gasteiger partial charge in [0.25, 0.3) is 17.5 Å². The van der Waals surface area contributed by atoms with E-state index in [1.807, 2.05) is 30.5 Å². The van der Waals surface area contributed by atoms with Crippen LogP contribution in [0.15, 0.2) is 57.8 Å². The van der Waals surface area contributed by atoms with Crippen molar-refractivity contribution in [3.8, 4) is 11.5 Å². The summed E-state index contributed by atoms with van der Waals surface area (Å²) in [6.45, 7) is 0. The molecule has 1 heterocycles. The van der Waals surface area contributed by atoms with Gasteiger partial charge in [0.1, 0.15) is 0 Å². The summed E-state index contributed by atoms with van der Waals surface area (Å²) >= 11 is 1.54. The van der Waals surface area contributed by atoms with Crippen molar-refractivity contribution in [2.24, 2.45) is 0 Å². The molecule has 3 aromatic rings. The van der Waals surface area contributed by atoms with Gasteiger partial charge in [0, 0.05) is 22.6 Å². The Bertz CT molecular complexity index is 941. The Hall–Kier alpha value is -3.20. The average Bonchev–Trinajstić information content (AvgIpc) is 3.10. The number of aromatic nitrogens is 2. The number of non-ortho nitro benzene ring substituents is 1. The fraction of sp³-hybridized carbons (Fsp3) is 0.0625. The number of nitro groups is 1. The Balaban J connectivity index is 1.80. The summed E-state index contributed by atoms with van der Waals surface area (Å²) in [7, 11) is 0. The van der Waals surface area contributed by atoms with E-state index in [-0.39, 0.29) is 23.2 Å². The number of carbonyl (C=O) groups excluding carboxylic acids is 1. The Kier molecular flexibility index (Phi) is 4.75. The van der Waals surface area contributed by atoms with E-state index < -0.39 is 10.8 Å². The molecule has 1 amide bonds. The van der Waals surface area contributed by atoms with Crippen LogP contribution >= 0.6 is 11.8 Å². The number of rotatable bonds is 5. The average molecular weight is 356 g/mol. The van der Waals surface area contributed by atoms with Crippen molar-refractivity contribution < 1.29 is 14.1 Å². The molecule has 126 valence electrons. The summed E-state index contributed by atoms with van der Waals surface area (Å²) in [6.07, 6.45) is 1.93. The van der Waals surface area contributed by atoms with E-state index in [0.29, 0.717) is 0 Å². The molecule has 0 spiro atoms. The van der Waals surface area contributed by atoms with Crippen molar-refractivity contribution in [2.75, 3.05) is 11.6 Å². The highest BCUT2D eigenvalue weighted by molar-refractivity contribution is 7.98. The monoisotopic (exact) mass is 356 g/mol. The molecule has 9 heteroatoms. The van der Waals surface area contributed by atoms with Crippen LogP contribution in [0.1, 0.15) is 10.4 Å². The number of thioether (sulfide) groups is 1. The zero-order chi connectivity index (χ0) is 17.8. The second kappa shape index (κ2) is 7.14. The molecule has 0 saturated heterocycles. The number of nitro benzene ring substituents is 1. The zero-order valence-corrected chi connectivity index (χ0v) is 13.8. The van der Waals surface area contributed by atoms with Gasteiger partial charge < -0.3 is 4.42 Å². The van der Waals surface area contributed by atoms with Gasteiger partial charge >= 0.3 is 6.01 Å². The second-order valence-electron chi connectivity index (χ2n) is 4.87. The molecule has 8 nitrogen and oxygen atoms in total. The summed E-state index contributed by atoms with van der Waals surface area (Å²) in [6, 6.07) is 12.8. The third-order valence-corrected chi connectivity index (χ3v) is 4.10. The van der Waals surface area contributed by atoms with Crippen molar-refractivity contribution >= 4 is 29.4 Å². The Morgan fingerprint density at radius 1 is 1.20 bits per heavy atom. The highest BCUT2D eigenvalue weighted by Crippen LogP contribution is 2.29. The lowest BCUT2D eigenvalue weighted by Crippen LogP contribution is -2.12. The summed E-state index contributed by atoms with van der Waals surface area (Å²) < 4.78 is 5.48. The lowest BCUT2D eigenvalue weighted by Gasteiger charge is -2.02. The highest BCUT2D eigenvalue weighted by Gasteiger charge is 2.16. The Morgan fingerprint density at radius 3 is 2.76 bits per heavy atom. The summed E-state index contributed by atoms with van der Waals surface area (Å²) in [5.41, 5.74) is 0.713. The number of nitrogens with zero attached hydrogens (tertiary/aromatic N) is 3. The standard InChI is InChI=1S/C16H12N4O4S/c1-25-13-8-3-2-7-12(13)15-18-19-16(24-15)17-14(21)10-5-4-6-11(9-10)20(22)23/h2-9H,1H3,(H,17,19,21). The number of amides is 1. The van der Waals surface area contributed by atoms with Gasteiger partial charge in [-0.25, -0.2) is 0 Å². The molecule has 0 aliphatic carbocycles. The molecule has 3 rings (SSSR count). The molecule has 0 bridgehead atoms. The van der Waals surface area contributed by atoms with E-state index in [1.165, 1.54) is 36.0 Å². The summed E-state index contributed by atoms with van der Waals surface area (Å²) in [5.74, 6) is -0.295. The molecular weight excluding hydrogens is 344 g/mol. The van der Waals surface area contributed by atoms with Gasteiger partial charge in [-0.15, -0.1) is 16.9 Å². The molecule has 1 N–H and O–H groups in total. The molecule has 1 aromatic heterocycles. The summed E-state index contributed by atoms with van der Waals surface area (Å²) in [4.78, 5) is 23.4. The molecule has 25 heavy (non-hydrogen) atoms. The molecule has 0 aliphatic rings. The van der Waals surface area contributed by atoms with Gasteiger partial charge in [-0.1, -0.05) is 23.3 Å². The number of benzene rings is 2. The minimum absolute atomic E-state index is 0.0811. The smallest absolute Gasteiger partial charge is 0.322 e. The van der Waals surface area contributed by atoms with Crippen LogP contribution in [0.25, 0.3) is 11.5 Å². The van der Waals surface area contributed by atoms with Gasteiger partial charge in [0.15, 0.2) is 0 Å². The number of hydrogen-bond acceptors (Lipinski definition) is 7. The van der Waals surface area contributed by atoms with Crippen LogP contribution in [0.3, 0.4) is 0 Å². The fourth-order valence-corrected chi connectivity index (χ4v) is 2.72. The number of hydrogen-bond donors (Lipinski definition) is 1. The van der Waals surface area contributed by atoms with E-state index in [2.05, 4.69) is 15.5 Å². The van der Waals surface area contributed by atoms with Gasteiger partial charge in [-0.05, 0) is 24.5 Å². The van der Waals surface area contributed by atoms with E-state index in [0.717, 1.165) is 10.5 Å². The minimum Gasteiger partial charge on any atom is -0.403 e. The van der Waals surface area contributed by atoms with E-state index >= 15 is 0 Å². The zero-order valence-electron chi connectivity index (χ0n) is 13.0. The third kappa shape index (κ3) is 3.66. The van der Waals surface area contributed by atoms with Crippen LogP contribution in [0, 0.1) is 10.1 Å². The van der Waals surface area contributed by atoms with Gasteiger partial charge in [0.05, 0.1) is 10.5 Å². The molecular formula is C16H12N4O4S. The van der Waals surface area contributed by atoms with Gasteiger partial charge in [0.2, 0.25) is 0 Å². The van der Waals surface area contributed by atoms with Crippen LogP contribution in [-0.2, 0) is 0 Å². The van der Waals surface area contributed by atoms with Crippen LogP contribution in [0.4, 0.5) is 11.7 Å². The van der Waals surface area contributed by atoms with Crippen LogP contribution in [-0.4, -0.2) is 27.3 Å². The van der Waals surface area contributed by atoms with Crippen molar-refractivity contribution in [3.05, 3.63) is 64.2 Å². The Labute approximate surface area is 146 Å². The third-order valence-electron chi connectivity index (χ3n) is 3.30. The molecule has 2 aromatic carbocycles. The van der Waals surface area contributed by atoms with Crippen molar-refractivity contribution in [1.29, 1.82) is 0 Å². The highest BCUT2D eigenvalue weighted by atomic mass is 32.2. The largest absolute Gasteiger partial charge is 0.403 e.